The van der Waals surface area contributed by atoms with Crippen molar-refractivity contribution in [2.75, 3.05) is 19.6 Å². The first-order chi connectivity index (χ1) is 12.7. The van der Waals surface area contributed by atoms with Gasteiger partial charge in [0, 0.05) is 56.9 Å². The SMILES string of the molecule is CCNC(=NCCCn1cccn1)NCCCCn1c(C)cccc1=O.I. The Morgan fingerprint density at radius 2 is 2.00 bits per heavy atom. The molecule has 0 aromatic carbocycles. The van der Waals surface area contributed by atoms with Gasteiger partial charge in [0.1, 0.15) is 0 Å². The lowest BCUT2D eigenvalue weighted by Gasteiger charge is -2.12. The average Bonchev–Trinajstić information content (AvgIpc) is 3.14. The summed E-state index contributed by atoms with van der Waals surface area (Å²) < 4.78 is 3.75. The van der Waals surface area contributed by atoms with Crippen molar-refractivity contribution in [2.24, 2.45) is 4.99 Å². The van der Waals surface area contributed by atoms with Crippen LogP contribution in [-0.2, 0) is 13.1 Å². The first kappa shape index (κ1) is 23.2. The molecular formula is C19H31IN6O. The predicted molar refractivity (Wildman–Crippen MR) is 121 cm³/mol. The van der Waals surface area contributed by atoms with Crippen molar-refractivity contribution in [3.05, 3.63) is 52.7 Å². The number of aromatic nitrogens is 3. The minimum atomic E-state index is 0. The molecule has 8 heteroatoms. The second-order valence-corrected chi connectivity index (χ2v) is 6.17. The number of rotatable bonds is 10. The molecule has 0 fully saturated rings. The first-order valence-electron chi connectivity index (χ1n) is 9.36. The van der Waals surface area contributed by atoms with Gasteiger partial charge in [0.2, 0.25) is 0 Å². The number of hydrogen-bond donors (Lipinski definition) is 2. The normalized spacial score (nSPS) is 11.1. The zero-order chi connectivity index (χ0) is 18.6. The van der Waals surface area contributed by atoms with Crippen molar-refractivity contribution >= 4 is 29.9 Å². The highest BCUT2D eigenvalue weighted by Crippen LogP contribution is 1.98. The van der Waals surface area contributed by atoms with Crippen molar-refractivity contribution in [3.63, 3.8) is 0 Å². The van der Waals surface area contributed by atoms with E-state index in [9.17, 15) is 4.79 Å². The van der Waals surface area contributed by atoms with Gasteiger partial charge in [-0.25, -0.2) is 0 Å². The number of nitrogens with zero attached hydrogens (tertiary/aromatic N) is 4. The fourth-order valence-corrected chi connectivity index (χ4v) is 2.71. The van der Waals surface area contributed by atoms with Gasteiger partial charge >= 0.3 is 0 Å². The third-order valence-electron chi connectivity index (χ3n) is 4.09. The Bertz CT molecular complexity index is 726. The van der Waals surface area contributed by atoms with Crippen molar-refractivity contribution in [3.8, 4) is 0 Å². The quantitative estimate of drug-likeness (QED) is 0.234. The molecule has 0 radical (unpaired) electrons. The van der Waals surface area contributed by atoms with E-state index in [-0.39, 0.29) is 29.5 Å². The van der Waals surface area contributed by atoms with Crippen molar-refractivity contribution in [1.29, 1.82) is 0 Å². The molecule has 0 aliphatic heterocycles. The van der Waals surface area contributed by atoms with Crippen LogP contribution in [0.15, 0.2) is 46.4 Å². The molecule has 2 heterocycles. The summed E-state index contributed by atoms with van der Waals surface area (Å²) in [6.07, 6.45) is 6.65. The van der Waals surface area contributed by atoms with Gasteiger partial charge in [0.05, 0.1) is 0 Å². The number of guanidine groups is 1. The summed E-state index contributed by atoms with van der Waals surface area (Å²) in [7, 11) is 0. The highest BCUT2D eigenvalue weighted by molar-refractivity contribution is 14.0. The van der Waals surface area contributed by atoms with Gasteiger partial charge in [-0.1, -0.05) is 6.07 Å². The number of nitrogens with one attached hydrogen (secondary N) is 2. The molecule has 0 aliphatic carbocycles. The summed E-state index contributed by atoms with van der Waals surface area (Å²) in [6, 6.07) is 7.32. The maximum atomic E-state index is 11.8. The summed E-state index contributed by atoms with van der Waals surface area (Å²) in [5.74, 6) is 0.848. The second-order valence-electron chi connectivity index (χ2n) is 6.17. The molecule has 0 atom stereocenters. The molecule has 7 nitrogen and oxygen atoms in total. The van der Waals surface area contributed by atoms with Crippen LogP contribution in [0.25, 0.3) is 0 Å². The van der Waals surface area contributed by atoms with Crippen LogP contribution in [0.1, 0.15) is 31.9 Å². The van der Waals surface area contributed by atoms with E-state index in [4.69, 9.17) is 0 Å². The van der Waals surface area contributed by atoms with Gasteiger partial charge in [-0.05, 0) is 45.2 Å². The molecule has 0 spiro atoms. The van der Waals surface area contributed by atoms with Gasteiger partial charge in [-0.15, -0.1) is 24.0 Å². The lowest BCUT2D eigenvalue weighted by atomic mass is 10.3. The topological polar surface area (TPSA) is 76.2 Å². The maximum Gasteiger partial charge on any atom is 0.250 e. The zero-order valence-electron chi connectivity index (χ0n) is 16.2. The van der Waals surface area contributed by atoms with E-state index in [2.05, 4.69) is 27.6 Å². The second kappa shape index (κ2) is 13.3. The summed E-state index contributed by atoms with van der Waals surface area (Å²) in [4.78, 5) is 16.4. The largest absolute Gasteiger partial charge is 0.357 e. The van der Waals surface area contributed by atoms with E-state index < -0.39 is 0 Å². The number of unbranched alkanes of at least 4 members (excludes halogenated alkanes) is 1. The third-order valence-corrected chi connectivity index (χ3v) is 4.09. The van der Waals surface area contributed by atoms with Crippen LogP contribution in [0, 0.1) is 6.92 Å². The van der Waals surface area contributed by atoms with Gasteiger partial charge in [-0.3, -0.25) is 14.5 Å². The van der Waals surface area contributed by atoms with Crippen molar-refractivity contribution in [2.45, 2.75) is 46.2 Å². The lowest BCUT2D eigenvalue weighted by Crippen LogP contribution is -2.38. The van der Waals surface area contributed by atoms with E-state index in [1.807, 2.05) is 34.5 Å². The molecule has 0 saturated carbocycles. The Morgan fingerprint density at radius 3 is 2.70 bits per heavy atom. The van der Waals surface area contributed by atoms with Gasteiger partial charge < -0.3 is 15.2 Å². The molecule has 2 N–H and O–H groups in total. The van der Waals surface area contributed by atoms with Crippen LogP contribution in [0.5, 0.6) is 0 Å². The van der Waals surface area contributed by atoms with E-state index in [1.54, 1.807) is 18.3 Å². The zero-order valence-corrected chi connectivity index (χ0v) is 18.6. The summed E-state index contributed by atoms with van der Waals surface area (Å²) >= 11 is 0. The van der Waals surface area contributed by atoms with Gasteiger partial charge in [0.15, 0.2) is 5.96 Å². The van der Waals surface area contributed by atoms with Crippen LogP contribution < -0.4 is 16.2 Å². The maximum absolute atomic E-state index is 11.8. The Morgan fingerprint density at radius 1 is 1.15 bits per heavy atom. The average molecular weight is 486 g/mol. The molecule has 0 unspecified atom stereocenters. The van der Waals surface area contributed by atoms with Crippen LogP contribution in [0.2, 0.25) is 0 Å². The Balaban J connectivity index is 0.00000364. The molecule has 0 aliphatic rings. The molecule has 2 aromatic heterocycles. The highest BCUT2D eigenvalue weighted by atomic mass is 127. The molecule has 0 saturated heterocycles. The predicted octanol–water partition coefficient (Wildman–Crippen LogP) is 2.40. The van der Waals surface area contributed by atoms with Crippen LogP contribution >= 0.6 is 24.0 Å². The number of halogens is 1. The number of hydrogen-bond acceptors (Lipinski definition) is 3. The van der Waals surface area contributed by atoms with Crippen molar-refractivity contribution < 1.29 is 0 Å². The molecule has 2 aromatic rings. The van der Waals surface area contributed by atoms with E-state index in [0.717, 1.165) is 63.6 Å². The highest BCUT2D eigenvalue weighted by Gasteiger charge is 2.00. The molecule has 150 valence electrons. The summed E-state index contributed by atoms with van der Waals surface area (Å²) in [6.45, 7) is 8.10. The van der Waals surface area contributed by atoms with E-state index in [0.29, 0.717) is 0 Å². The first-order valence-corrected chi connectivity index (χ1v) is 9.36. The number of pyridine rings is 1. The van der Waals surface area contributed by atoms with E-state index >= 15 is 0 Å². The molecule has 0 amide bonds. The lowest BCUT2D eigenvalue weighted by molar-refractivity contribution is 0.572. The number of aliphatic imine (C=N–C) groups is 1. The van der Waals surface area contributed by atoms with Crippen LogP contribution in [-0.4, -0.2) is 39.9 Å². The molecule has 0 bridgehead atoms. The van der Waals surface area contributed by atoms with Gasteiger partial charge in [-0.2, -0.15) is 5.10 Å². The number of aryl methyl sites for hydroxylation is 2. The van der Waals surface area contributed by atoms with Crippen molar-refractivity contribution in [1.82, 2.24) is 25.0 Å². The third kappa shape index (κ3) is 8.59. The fraction of sp³-hybridized carbons (Fsp3) is 0.526. The fourth-order valence-electron chi connectivity index (χ4n) is 2.71. The Hall–Kier alpha value is -1.84. The molecular weight excluding hydrogens is 455 g/mol. The smallest absolute Gasteiger partial charge is 0.250 e. The minimum absolute atomic E-state index is 0. The molecule has 27 heavy (non-hydrogen) atoms. The van der Waals surface area contributed by atoms with Gasteiger partial charge in [0.25, 0.3) is 5.56 Å². The van der Waals surface area contributed by atoms with Crippen LogP contribution in [0.3, 0.4) is 0 Å². The Labute approximate surface area is 178 Å². The summed E-state index contributed by atoms with van der Waals surface area (Å²) in [5.41, 5.74) is 1.09. The molecule has 2 rings (SSSR count). The van der Waals surface area contributed by atoms with E-state index in [1.165, 1.54) is 0 Å². The summed E-state index contributed by atoms with van der Waals surface area (Å²) in [5, 5.41) is 10.8. The Kier molecular flexibility index (Phi) is 11.5. The standard InChI is InChI=1S/C19H30N6O.HI/c1-3-20-19(22-12-7-14-24-15-8-13-23-24)21-11-4-5-16-25-17(2)9-6-10-18(25)26;/h6,8-10,13,15H,3-5,7,11-12,14,16H2,1-2H3,(H2,20,21,22);1H. The van der Waals surface area contributed by atoms with Crippen LogP contribution in [0.4, 0.5) is 0 Å². The minimum Gasteiger partial charge on any atom is -0.357 e. The monoisotopic (exact) mass is 486 g/mol.